The van der Waals surface area contributed by atoms with Crippen LogP contribution in [0.5, 0.6) is 0 Å². The molecule has 0 aliphatic rings. The molecule has 1 N–H and O–H groups in total. The zero-order chi connectivity index (χ0) is 13.5. The molecule has 0 fully saturated rings. The second kappa shape index (κ2) is 7.00. The number of likely N-dealkylation sites (N-methyl/N-ethyl adjacent to an activating group) is 1. The monoisotopic (exact) mass is 258 g/mol. The number of benzene rings is 1. The molecule has 0 radical (unpaired) electrons. The Morgan fingerprint density at radius 3 is 2.58 bits per heavy atom. The van der Waals surface area contributed by atoms with E-state index < -0.39 is 0 Å². The van der Waals surface area contributed by atoms with Gasteiger partial charge in [-0.3, -0.25) is 0 Å². The Morgan fingerprint density at radius 1 is 1.16 bits per heavy atom. The minimum Gasteiger partial charge on any atom is -0.468 e. The summed E-state index contributed by atoms with van der Waals surface area (Å²) in [5.41, 5.74) is 2.64. The van der Waals surface area contributed by atoms with Crippen LogP contribution in [0.2, 0.25) is 0 Å². The van der Waals surface area contributed by atoms with Gasteiger partial charge in [-0.15, -0.1) is 0 Å². The fourth-order valence-corrected chi connectivity index (χ4v) is 1.99. The highest BCUT2D eigenvalue weighted by Gasteiger charge is 2.01. The molecular weight excluding hydrogens is 236 g/mol. The van der Waals surface area contributed by atoms with Crippen molar-refractivity contribution in [2.24, 2.45) is 0 Å². The fraction of sp³-hybridized carbons (Fsp3) is 0.375. The summed E-state index contributed by atoms with van der Waals surface area (Å²) < 4.78 is 5.27. The van der Waals surface area contributed by atoms with Gasteiger partial charge in [0, 0.05) is 25.8 Å². The summed E-state index contributed by atoms with van der Waals surface area (Å²) in [5.74, 6) is 0.981. The largest absolute Gasteiger partial charge is 0.468 e. The van der Waals surface area contributed by atoms with Crippen molar-refractivity contribution in [2.75, 3.05) is 25.0 Å². The average molecular weight is 258 g/mol. The van der Waals surface area contributed by atoms with Gasteiger partial charge in [0.1, 0.15) is 5.76 Å². The van der Waals surface area contributed by atoms with Crippen LogP contribution >= 0.6 is 0 Å². The van der Waals surface area contributed by atoms with Gasteiger partial charge in [-0.2, -0.15) is 0 Å². The summed E-state index contributed by atoms with van der Waals surface area (Å²) in [4.78, 5) is 2.26. The van der Waals surface area contributed by atoms with Crippen molar-refractivity contribution >= 4 is 5.69 Å². The van der Waals surface area contributed by atoms with E-state index in [9.17, 15) is 0 Å². The predicted molar refractivity (Wildman–Crippen MR) is 79.5 cm³/mol. The first kappa shape index (κ1) is 13.7. The lowest BCUT2D eigenvalue weighted by atomic mass is 10.1. The number of hydrogen-bond acceptors (Lipinski definition) is 3. The quantitative estimate of drug-likeness (QED) is 0.774. The van der Waals surface area contributed by atoms with E-state index in [-0.39, 0.29) is 0 Å². The second-order valence-corrected chi connectivity index (χ2v) is 4.70. The van der Waals surface area contributed by atoms with E-state index >= 15 is 0 Å². The zero-order valence-corrected chi connectivity index (χ0v) is 11.7. The SMILES string of the molecule is CCc1ccc(N(C)CCNCc2ccco2)cc1. The molecule has 1 aromatic heterocycles. The maximum absolute atomic E-state index is 5.27. The topological polar surface area (TPSA) is 28.4 Å². The fourth-order valence-electron chi connectivity index (χ4n) is 1.99. The summed E-state index contributed by atoms with van der Waals surface area (Å²) in [6, 6.07) is 12.7. The molecule has 2 aromatic rings. The van der Waals surface area contributed by atoms with Gasteiger partial charge < -0.3 is 14.6 Å². The number of rotatable bonds is 7. The van der Waals surface area contributed by atoms with Crippen LogP contribution in [0.25, 0.3) is 0 Å². The van der Waals surface area contributed by atoms with E-state index in [0.717, 1.165) is 31.8 Å². The first-order valence-electron chi connectivity index (χ1n) is 6.82. The Hall–Kier alpha value is -1.74. The highest BCUT2D eigenvalue weighted by molar-refractivity contribution is 5.46. The minimum atomic E-state index is 0.787. The Bertz CT molecular complexity index is 462. The lowest BCUT2D eigenvalue weighted by Crippen LogP contribution is -2.28. The van der Waals surface area contributed by atoms with Crippen LogP contribution in [0.3, 0.4) is 0 Å². The molecule has 0 bridgehead atoms. The maximum atomic E-state index is 5.27. The molecule has 0 aliphatic heterocycles. The molecule has 102 valence electrons. The van der Waals surface area contributed by atoms with E-state index in [1.54, 1.807) is 6.26 Å². The molecule has 0 unspecified atom stereocenters. The first-order valence-corrected chi connectivity index (χ1v) is 6.82. The molecule has 3 nitrogen and oxygen atoms in total. The van der Waals surface area contributed by atoms with Crippen molar-refractivity contribution in [2.45, 2.75) is 19.9 Å². The zero-order valence-electron chi connectivity index (χ0n) is 11.7. The van der Waals surface area contributed by atoms with Crippen LogP contribution in [-0.4, -0.2) is 20.1 Å². The van der Waals surface area contributed by atoms with Crippen molar-refractivity contribution in [3.05, 3.63) is 54.0 Å². The molecular formula is C16H22N2O. The molecule has 0 spiro atoms. The van der Waals surface area contributed by atoms with Crippen LogP contribution < -0.4 is 10.2 Å². The van der Waals surface area contributed by atoms with Crippen molar-refractivity contribution in [1.29, 1.82) is 0 Å². The van der Waals surface area contributed by atoms with E-state index in [0.29, 0.717) is 0 Å². The van der Waals surface area contributed by atoms with Crippen LogP contribution in [0.4, 0.5) is 5.69 Å². The molecule has 1 heterocycles. The summed E-state index contributed by atoms with van der Waals surface area (Å²) in [5, 5.41) is 3.38. The predicted octanol–water partition coefficient (Wildman–Crippen LogP) is 3.07. The molecule has 2 rings (SSSR count). The highest BCUT2D eigenvalue weighted by Crippen LogP contribution is 2.13. The standard InChI is InChI=1S/C16H22N2O/c1-3-14-6-8-15(9-7-14)18(2)11-10-17-13-16-5-4-12-19-16/h4-9,12,17H,3,10-11,13H2,1-2H3. The first-order chi connectivity index (χ1) is 9.29. The van der Waals surface area contributed by atoms with E-state index in [4.69, 9.17) is 4.42 Å². The van der Waals surface area contributed by atoms with Gasteiger partial charge in [-0.25, -0.2) is 0 Å². The smallest absolute Gasteiger partial charge is 0.117 e. The molecule has 1 aromatic carbocycles. The molecule has 0 aliphatic carbocycles. The number of anilines is 1. The van der Waals surface area contributed by atoms with E-state index in [1.807, 2.05) is 12.1 Å². The van der Waals surface area contributed by atoms with Gasteiger partial charge in [0.2, 0.25) is 0 Å². The average Bonchev–Trinajstić information content (AvgIpc) is 2.96. The second-order valence-electron chi connectivity index (χ2n) is 4.70. The third kappa shape index (κ3) is 4.14. The number of nitrogens with one attached hydrogen (secondary N) is 1. The maximum Gasteiger partial charge on any atom is 0.117 e. The summed E-state index contributed by atoms with van der Waals surface area (Å²) in [7, 11) is 2.12. The van der Waals surface area contributed by atoms with Crippen LogP contribution in [-0.2, 0) is 13.0 Å². The van der Waals surface area contributed by atoms with E-state index in [1.165, 1.54) is 11.3 Å². The minimum absolute atomic E-state index is 0.787. The molecule has 3 heteroatoms. The van der Waals surface area contributed by atoms with Gasteiger partial charge in [0.15, 0.2) is 0 Å². The van der Waals surface area contributed by atoms with Crippen molar-refractivity contribution < 1.29 is 4.42 Å². The third-order valence-corrected chi connectivity index (χ3v) is 3.29. The Morgan fingerprint density at radius 2 is 1.95 bits per heavy atom. The van der Waals surface area contributed by atoms with Crippen molar-refractivity contribution in [1.82, 2.24) is 5.32 Å². The lowest BCUT2D eigenvalue weighted by molar-refractivity contribution is 0.484. The Labute approximate surface area is 115 Å². The number of nitrogens with zero attached hydrogens (tertiary/aromatic N) is 1. The lowest BCUT2D eigenvalue weighted by Gasteiger charge is -2.19. The highest BCUT2D eigenvalue weighted by atomic mass is 16.3. The summed E-state index contributed by atoms with van der Waals surface area (Å²) in [6.07, 6.45) is 2.80. The Balaban J connectivity index is 1.72. The third-order valence-electron chi connectivity index (χ3n) is 3.29. The van der Waals surface area contributed by atoms with Gasteiger partial charge >= 0.3 is 0 Å². The van der Waals surface area contributed by atoms with Crippen LogP contribution in [0.1, 0.15) is 18.2 Å². The van der Waals surface area contributed by atoms with Crippen molar-refractivity contribution in [3.8, 4) is 0 Å². The van der Waals surface area contributed by atoms with Crippen LogP contribution in [0, 0.1) is 0 Å². The van der Waals surface area contributed by atoms with Gasteiger partial charge in [0.05, 0.1) is 12.8 Å². The molecule has 0 amide bonds. The molecule has 0 atom stereocenters. The molecule has 0 saturated carbocycles. The van der Waals surface area contributed by atoms with Gasteiger partial charge in [-0.05, 0) is 36.2 Å². The van der Waals surface area contributed by atoms with E-state index in [2.05, 4.69) is 48.5 Å². The van der Waals surface area contributed by atoms with Crippen molar-refractivity contribution in [3.63, 3.8) is 0 Å². The normalized spacial score (nSPS) is 10.6. The number of aryl methyl sites for hydroxylation is 1. The van der Waals surface area contributed by atoms with Gasteiger partial charge in [0.25, 0.3) is 0 Å². The molecule has 19 heavy (non-hydrogen) atoms. The molecule has 0 saturated heterocycles. The number of furan rings is 1. The Kier molecular flexibility index (Phi) is 5.04. The summed E-state index contributed by atoms with van der Waals surface area (Å²) in [6.45, 7) is 4.88. The van der Waals surface area contributed by atoms with Gasteiger partial charge in [-0.1, -0.05) is 19.1 Å². The van der Waals surface area contributed by atoms with Crippen LogP contribution in [0.15, 0.2) is 47.1 Å². The summed E-state index contributed by atoms with van der Waals surface area (Å²) >= 11 is 0. The number of hydrogen-bond donors (Lipinski definition) is 1.